The van der Waals surface area contributed by atoms with Gasteiger partial charge in [0.05, 0.1) is 6.54 Å². The molecule has 4 nitrogen and oxygen atoms in total. The van der Waals surface area contributed by atoms with Gasteiger partial charge >= 0.3 is 0 Å². The van der Waals surface area contributed by atoms with Crippen molar-refractivity contribution in [1.82, 2.24) is 4.90 Å². The summed E-state index contributed by atoms with van der Waals surface area (Å²) >= 11 is 5.95. The van der Waals surface area contributed by atoms with Crippen LogP contribution >= 0.6 is 11.6 Å². The first-order chi connectivity index (χ1) is 12.5. The van der Waals surface area contributed by atoms with Crippen LogP contribution in [0, 0.1) is 5.82 Å². The van der Waals surface area contributed by atoms with Crippen molar-refractivity contribution in [2.24, 2.45) is 0 Å². The smallest absolute Gasteiger partial charge is 0.253 e. The van der Waals surface area contributed by atoms with Crippen molar-refractivity contribution in [3.8, 4) is 0 Å². The van der Waals surface area contributed by atoms with E-state index in [4.69, 9.17) is 16.3 Å². The molecule has 0 aromatic heterocycles. The summed E-state index contributed by atoms with van der Waals surface area (Å²) in [4.78, 5) is 16.3. The predicted octanol–water partition coefficient (Wildman–Crippen LogP) is 3.49. The first kappa shape index (κ1) is 17.5. The standard InChI is InChI=1S/C20H20ClFN2O2/c21-16-6-4-15(5-7-16)11-23-9-8-20(13-23)14-24(19(25)12-26-20)18-3-1-2-17(22)10-18/h1-7,10H,8-9,11-14H2. The minimum atomic E-state index is -0.396. The van der Waals surface area contributed by atoms with Gasteiger partial charge in [0, 0.05) is 30.3 Å². The minimum absolute atomic E-state index is 0.0330. The van der Waals surface area contributed by atoms with Crippen molar-refractivity contribution in [3.63, 3.8) is 0 Å². The van der Waals surface area contributed by atoms with E-state index in [2.05, 4.69) is 4.90 Å². The van der Waals surface area contributed by atoms with E-state index < -0.39 is 5.60 Å². The van der Waals surface area contributed by atoms with Gasteiger partial charge in [-0.05, 0) is 42.3 Å². The molecular weight excluding hydrogens is 355 g/mol. The highest BCUT2D eigenvalue weighted by Gasteiger charge is 2.45. The van der Waals surface area contributed by atoms with Gasteiger partial charge in [0.25, 0.3) is 5.91 Å². The average molecular weight is 375 g/mol. The number of carbonyl (C=O) groups is 1. The van der Waals surface area contributed by atoms with E-state index in [1.807, 2.05) is 24.3 Å². The molecule has 2 saturated heterocycles. The first-order valence-electron chi connectivity index (χ1n) is 8.70. The highest BCUT2D eigenvalue weighted by molar-refractivity contribution is 6.30. The molecule has 1 amide bonds. The molecule has 2 aromatic carbocycles. The molecule has 2 aliphatic rings. The highest BCUT2D eigenvalue weighted by atomic mass is 35.5. The molecule has 0 radical (unpaired) electrons. The Bertz CT molecular complexity index is 814. The van der Waals surface area contributed by atoms with Crippen LogP contribution in [0.5, 0.6) is 0 Å². The van der Waals surface area contributed by atoms with Gasteiger partial charge in [-0.1, -0.05) is 29.8 Å². The number of amides is 1. The van der Waals surface area contributed by atoms with Crippen LogP contribution in [0.15, 0.2) is 48.5 Å². The van der Waals surface area contributed by atoms with Crippen molar-refractivity contribution >= 4 is 23.2 Å². The van der Waals surface area contributed by atoms with Crippen LogP contribution in [-0.2, 0) is 16.1 Å². The normalized spacial score (nSPS) is 23.8. The number of benzene rings is 2. The Morgan fingerprint density at radius 1 is 1.15 bits per heavy atom. The quantitative estimate of drug-likeness (QED) is 0.824. The maximum absolute atomic E-state index is 13.6. The van der Waals surface area contributed by atoms with Crippen LogP contribution in [0.2, 0.25) is 5.02 Å². The van der Waals surface area contributed by atoms with Gasteiger partial charge in [-0.15, -0.1) is 0 Å². The summed E-state index contributed by atoms with van der Waals surface area (Å²) in [6.07, 6.45) is 0.847. The number of rotatable bonds is 3. The molecule has 6 heteroatoms. The summed E-state index contributed by atoms with van der Waals surface area (Å²) in [6, 6.07) is 14.0. The fourth-order valence-electron chi connectivity index (χ4n) is 3.75. The Hall–Kier alpha value is -1.95. The van der Waals surface area contributed by atoms with E-state index in [1.165, 1.54) is 17.7 Å². The predicted molar refractivity (Wildman–Crippen MR) is 98.8 cm³/mol. The number of likely N-dealkylation sites (tertiary alicyclic amines) is 1. The molecule has 1 spiro atoms. The summed E-state index contributed by atoms with van der Waals surface area (Å²) in [5.74, 6) is -0.469. The number of halogens is 2. The summed E-state index contributed by atoms with van der Waals surface area (Å²) in [5.41, 5.74) is 1.39. The Morgan fingerprint density at radius 2 is 1.96 bits per heavy atom. The molecule has 1 atom stereocenters. The summed E-state index contributed by atoms with van der Waals surface area (Å²) < 4.78 is 19.5. The zero-order chi connectivity index (χ0) is 18.1. The summed E-state index contributed by atoms with van der Waals surface area (Å²) in [6.45, 7) is 2.94. The van der Waals surface area contributed by atoms with Crippen molar-refractivity contribution in [2.75, 3.05) is 31.1 Å². The van der Waals surface area contributed by atoms with E-state index in [1.54, 1.807) is 17.0 Å². The Labute approximate surface area is 157 Å². The second kappa shape index (κ2) is 6.99. The number of anilines is 1. The second-order valence-electron chi connectivity index (χ2n) is 7.02. The number of hydrogen-bond donors (Lipinski definition) is 0. The Kier molecular flexibility index (Phi) is 4.69. The second-order valence-corrected chi connectivity index (χ2v) is 7.45. The van der Waals surface area contributed by atoms with Crippen molar-refractivity contribution in [1.29, 1.82) is 0 Å². The molecule has 4 rings (SSSR count). The topological polar surface area (TPSA) is 32.8 Å². The molecule has 26 heavy (non-hydrogen) atoms. The average Bonchev–Trinajstić information content (AvgIpc) is 3.02. The number of ether oxygens (including phenoxy) is 1. The monoisotopic (exact) mass is 374 g/mol. The van der Waals surface area contributed by atoms with Gasteiger partial charge in [-0.2, -0.15) is 0 Å². The molecular formula is C20H20ClFN2O2. The van der Waals surface area contributed by atoms with Crippen LogP contribution in [0.25, 0.3) is 0 Å². The fourth-order valence-corrected chi connectivity index (χ4v) is 3.88. The maximum Gasteiger partial charge on any atom is 0.253 e. The van der Waals surface area contributed by atoms with Crippen molar-refractivity contribution in [2.45, 2.75) is 18.6 Å². The number of carbonyl (C=O) groups excluding carboxylic acids is 1. The van der Waals surface area contributed by atoms with Crippen molar-refractivity contribution < 1.29 is 13.9 Å². The van der Waals surface area contributed by atoms with E-state index in [9.17, 15) is 9.18 Å². The Balaban J connectivity index is 1.47. The summed E-state index contributed by atoms with van der Waals surface area (Å²) in [5, 5.41) is 0.728. The molecule has 0 aliphatic carbocycles. The molecule has 0 saturated carbocycles. The van der Waals surface area contributed by atoms with Crippen LogP contribution in [0.4, 0.5) is 10.1 Å². The first-order valence-corrected chi connectivity index (χ1v) is 9.08. The zero-order valence-electron chi connectivity index (χ0n) is 14.3. The van der Waals surface area contributed by atoms with Crippen molar-refractivity contribution in [3.05, 3.63) is 64.9 Å². The summed E-state index contributed by atoms with van der Waals surface area (Å²) in [7, 11) is 0. The van der Waals surface area contributed by atoms with E-state index in [0.29, 0.717) is 12.2 Å². The Morgan fingerprint density at radius 3 is 2.73 bits per heavy atom. The van der Waals surface area contributed by atoms with E-state index >= 15 is 0 Å². The van der Waals surface area contributed by atoms with Crippen LogP contribution in [-0.4, -0.2) is 42.6 Å². The molecule has 2 fully saturated rings. The molecule has 2 aromatic rings. The van der Waals surface area contributed by atoms with E-state index in [0.717, 1.165) is 31.1 Å². The van der Waals surface area contributed by atoms with Crippen LogP contribution in [0.1, 0.15) is 12.0 Å². The zero-order valence-corrected chi connectivity index (χ0v) is 15.1. The minimum Gasteiger partial charge on any atom is -0.362 e. The molecule has 1 unspecified atom stereocenters. The number of morpholine rings is 1. The van der Waals surface area contributed by atoms with Gasteiger partial charge in [0.2, 0.25) is 0 Å². The lowest BCUT2D eigenvalue weighted by Crippen LogP contribution is -2.56. The molecule has 0 N–H and O–H groups in total. The van der Waals surface area contributed by atoms with Gasteiger partial charge < -0.3 is 9.64 Å². The lowest BCUT2D eigenvalue weighted by molar-refractivity contribution is -0.137. The van der Waals surface area contributed by atoms with Gasteiger partial charge in [-0.3, -0.25) is 9.69 Å². The third-order valence-corrected chi connectivity index (χ3v) is 5.34. The van der Waals surface area contributed by atoms with Crippen LogP contribution < -0.4 is 4.90 Å². The lowest BCUT2D eigenvalue weighted by Gasteiger charge is -2.40. The molecule has 2 heterocycles. The molecule has 136 valence electrons. The fraction of sp³-hybridized carbons (Fsp3) is 0.350. The number of hydrogen-bond acceptors (Lipinski definition) is 3. The third-order valence-electron chi connectivity index (χ3n) is 5.08. The van der Waals surface area contributed by atoms with Gasteiger partial charge in [0.15, 0.2) is 0 Å². The largest absolute Gasteiger partial charge is 0.362 e. The molecule has 2 aliphatic heterocycles. The maximum atomic E-state index is 13.6. The lowest BCUT2D eigenvalue weighted by atomic mass is 10.00. The molecule has 0 bridgehead atoms. The van der Waals surface area contributed by atoms with Gasteiger partial charge in [0.1, 0.15) is 18.0 Å². The highest BCUT2D eigenvalue weighted by Crippen LogP contribution is 2.33. The number of nitrogens with zero attached hydrogens (tertiary/aromatic N) is 2. The third kappa shape index (κ3) is 3.61. The van der Waals surface area contributed by atoms with Crippen LogP contribution in [0.3, 0.4) is 0 Å². The van der Waals surface area contributed by atoms with Gasteiger partial charge in [-0.25, -0.2) is 4.39 Å². The van der Waals surface area contributed by atoms with E-state index in [-0.39, 0.29) is 18.3 Å². The SMILES string of the molecule is O=C1COC2(CCN(Cc3ccc(Cl)cc3)C2)CN1c1cccc(F)c1.